The minimum Gasteiger partial charge on any atom is -0.497 e. The molecule has 1 amide bonds. The second kappa shape index (κ2) is 11.8. The maximum atomic E-state index is 11.9. The summed E-state index contributed by atoms with van der Waals surface area (Å²) in [5, 5.41) is 26.7. The van der Waals surface area contributed by atoms with Gasteiger partial charge in [-0.15, -0.1) is 21.5 Å². The number of aromatic nitrogens is 5. The predicted molar refractivity (Wildman–Crippen MR) is 145 cm³/mol. The van der Waals surface area contributed by atoms with Crippen LogP contribution in [-0.4, -0.2) is 56.7 Å². The number of pyridine rings is 1. The van der Waals surface area contributed by atoms with Crippen LogP contribution >= 0.6 is 11.3 Å². The van der Waals surface area contributed by atoms with Gasteiger partial charge in [-0.3, -0.25) is 0 Å². The third kappa shape index (κ3) is 6.05. The number of fused-ring (bicyclic) bond motifs is 1. The average Bonchev–Trinajstić information content (AvgIpc) is 3.61. The Labute approximate surface area is 227 Å². The molecular weight excluding hydrogens is 522 g/mol. The maximum Gasteiger partial charge on any atom is 0.412 e. The van der Waals surface area contributed by atoms with Gasteiger partial charge in [-0.1, -0.05) is 24.3 Å². The lowest BCUT2D eigenvalue weighted by molar-refractivity contribution is 0.196. The summed E-state index contributed by atoms with van der Waals surface area (Å²) in [6.07, 6.45) is 0.713. The van der Waals surface area contributed by atoms with E-state index >= 15 is 0 Å². The van der Waals surface area contributed by atoms with Crippen LogP contribution in [0.15, 0.2) is 60.1 Å². The molecule has 5 aromatic rings. The summed E-state index contributed by atoms with van der Waals surface area (Å²) in [5.74, 6) is 2.45. The number of carbonyl (C=O) groups excluding carboxylic acids is 1. The van der Waals surface area contributed by atoms with Gasteiger partial charge >= 0.3 is 6.09 Å². The maximum absolute atomic E-state index is 11.9. The van der Waals surface area contributed by atoms with Gasteiger partial charge in [0.15, 0.2) is 5.75 Å². The molecule has 12 nitrogen and oxygen atoms in total. The van der Waals surface area contributed by atoms with Gasteiger partial charge in [0, 0.05) is 23.1 Å². The van der Waals surface area contributed by atoms with Crippen molar-refractivity contribution in [3.8, 4) is 28.6 Å². The first-order valence-electron chi connectivity index (χ1n) is 11.9. The molecule has 39 heavy (non-hydrogen) atoms. The molecule has 0 aliphatic carbocycles. The molecule has 2 aromatic carbocycles. The quantitative estimate of drug-likeness (QED) is 0.237. The predicted octanol–water partition coefficient (Wildman–Crippen LogP) is 3.25. The molecule has 200 valence electrons. The zero-order valence-corrected chi connectivity index (χ0v) is 21.7. The summed E-state index contributed by atoms with van der Waals surface area (Å²) in [4.78, 5) is 17.6. The van der Waals surface area contributed by atoms with Crippen molar-refractivity contribution < 1.29 is 24.1 Å². The number of aliphatic hydroxyl groups is 1. The topological polar surface area (TPSA) is 160 Å². The number of aliphatic hydroxyl groups excluding tert-OH is 1. The molecule has 5 rings (SSSR count). The third-order valence-corrected chi connectivity index (χ3v) is 6.72. The minimum absolute atomic E-state index is 0.0848. The van der Waals surface area contributed by atoms with Crippen molar-refractivity contribution in [2.45, 2.75) is 13.2 Å². The molecule has 0 atom stereocenters. The van der Waals surface area contributed by atoms with Gasteiger partial charge < -0.3 is 30.4 Å². The molecule has 0 spiro atoms. The van der Waals surface area contributed by atoms with Crippen molar-refractivity contribution in [2.75, 3.05) is 26.0 Å². The number of anilines is 1. The van der Waals surface area contributed by atoms with Crippen LogP contribution in [0.1, 0.15) is 11.1 Å². The monoisotopic (exact) mass is 547 g/mol. The number of nitrogens with zero attached hydrogens (tertiary/aromatic N) is 5. The Bertz CT molecular complexity index is 1590. The van der Waals surface area contributed by atoms with Crippen LogP contribution in [0.5, 0.6) is 17.2 Å². The smallest absolute Gasteiger partial charge is 0.412 e. The molecule has 0 bridgehead atoms. The molecule has 0 aliphatic rings. The first-order valence-corrected chi connectivity index (χ1v) is 12.8. The molecular formula is C26H25N7O5S. The number of nitrogens with two attached hydrogens (primary N) is 1. The molecule has 0 saturated heterocycles. The zero-order chi connectivity index (χ0) is 27.2. The summed E-state index contributed by atoms with van der Waals surface area (Å²) >= 11 is 1.37. The second-order valence-corrected chi connectivity index (χ2v) is 9.20. The van der Waals surface area contributed by atoms with E-state index in [4.69, 9.17) is 25.1 Å². The van der Waals surface area contributed by atoms with Crippen molar-refractivity contribution in [1.29, 1.82) is 0 Å². The summed E-state index contributed by atoms with van der Waals surface area (Å²) in [7, 11) is 1.63. The number of carbonyl (C=O) groups is 1. The number of benzene rings is 2. The Kier molecular flexibility index (Phi) is 7.80. The van der Waals surface area contributed by atoms with Gasteiger partial charge in [0.25, 0.3) is 0 Å². The van der Waals surface area contributed by atoms with E-state index in [1.54, 1.807) is 7.11 Å². The molecule has 3 heterocycles. The number of hydrogen-bond donors (Lipinski definition) is 3. The summed E-state index contributed by atoms with van der Waals surface area (Å²) < 4.78 is 17.3. The van der Waals surface area contributed by atoms with Gasteiger partial charge in [0.1, 0.15) is 23.9 Å². The molecule has 3 aromatic heterocycles. The molecule has 4 N–H and O–H groups in total. The number of ether oxygens (including phenoxy) is 3. The van der Waals surface area contributed by atoms with Crippen molar-refractivity contribution in [2.24, 2.45) is 0 Å². The largest absolute Gasteiger partial charge is 0.497 e. The summed E-state index contributed by atoms with van der Waals surface area (Å²) in [5.41, 5.74) is 8.72. The Morgan fingerprint density at radius 2 is 2.03 bits per heavy atom. The van der Waals surface area contributed by atoms with E-state index in [1.807, 2.05) is 53.9 Å². The van der Waals surface area contributed by atoms with E-state index in [0.717, 1.165) is 22.4 Å². The van der Waals surface area contributed by atoms with Crippen molar-refractivity contribution in [1.82, 2.24) is 30.5 Å². The number of hydrogen-bond acceptors (Lipinski definition) is 11. The van der Waals surface area contributed by atoms with E-state index < -0.39 is 6.09 Å². The van der Waals surface area contributed by atoms with Gasteiger partial charge in [-0.2, -0.15) is 4.80 Å². The van der Waals surface area contributed by atoms with Gasteiger partial charge in [-0.05, 0) is 40.4 Å². The summed E-state index contributed by atoms with van der Waals surface area (Å²) in [6.45, 7) is 0.585. The van der Waals surface area contributed by atoms with E-state index in [-0.39, 0.29) is 25.5 Å². The number of tetrazole rings is 1. The van der Waals surface area contributed by atoms with Gasteiger partial charge in [0.2, 0.25) is 5.82 Å². The lowest BCUT2D eigenvalue weighted by atomic mass is 10.2. The Balaban J connectivity index is 1.27. The highest BCUT2D eigenvalue weighted by Gasteiger charge is 2.17. The molecule has 0 unspecified atom stereocenters. The fourth-order valence-corrected chi connectivity index (χ4v) is 4.80. The molecule has 0 radical (unpaired) electrons. The van der Waals surface area contributed by atoms with Gasteiger partial charge in [-0.25, -0.2) is 9.78 Å². The second-order valence-electron chi connectivity index (χ2n) is 8.32. The number of nitrogen functional groups attached to an aromatic ring is 1. The fourth-order valence-electron chi connectivity index (χ4n) is 3.79. The number of methoxy groups -OCH3 is 1. The van der Waals surface area contributed by atoms with Crippen molar-refractivity contribution in [3.05, 3.63) is 71.2 Å². The standard InChI is InChI=1S/C26H25N7O5S/c1-36-19-7-5-16(6-8-19)13-33-31-25(30-32-33)17-3-2-4-20(11-17)37-14-18-15-39-23-21(12-29-24(27)22(18)23)38-26(35)28-9-10-34/h2-8,11-12,15,34H,9-10,13-14H2,1H3,(H2,27,29)(H,28,35). The van der Waals surface area contributed by atoms with Crippen LogP contribution in [0.25, 0.3) is 21.5 Å². The first-order chi connectivity index (χ1) is 19.0. The van der Waals surface area contributed by atoms with E-state index in [9.17, 15) is 4.79 Å². The SMILES string of the molecule is COc1ccc(Cn2nnc(-c3cccc(OCc4csc5c(OC(=O)NCCO)cnc(N)c45)c3)n2)cc1. The van der Waals surface area contributed by atoms with Crippen molar-refractivity contribution >= 4 is 33.3 Å². The number of rotatable bonds is 10. The molecule has 0 saturated carbocycles. The van der Waals surface area contributed by atoms with Crippen LogP contribution < -0.4 is 25.3 Å². The fraction of sp³-hybridized carbons (Fsp3) is 0.192. The van der Waals surface area contributed by atoms with Crippen LogP contribution in [0.2, 0.25) is 0 Å². The van der Waals surface area contributed by atoms with Crippen LogP contribution in [0, 0.1) is 0 Å². The Morgan fingerprint density at radius 1 is 1.18 bits per heavy atom. The lowest BCUT2D eigenvalue weighted by Gasteiger charge is -2.09. The van der Waals surface area contributed by atoms with E-state index in [0.29, 0.717) is 34.0 Å². The van der Waals surface area contributed by atoms with Crippen LogP contribution in [-0.2, 0) is 13.2 Å². The van der Waals surface area contributed by atoms with E-state index in [1.165, 1.54) is 22.3 Å². The molecule has 0 fully saturated rings. The van der Waals surface area contributed by atoms with Crippen molar-refractivity contribution in [3.63, 3.8) is 0 Å². The van der Waals surface area contributed by atoms with Gasteiger partial charge in [0.05, 0.1) is 31.2 Å². The molecule has 13 heteroatoms. The number of nitrogens with one attached hydrogen (secondary N) is 1. The highest BCUT2D eigenvalue weighted by molar-refractivity contribution is 7.17. The highest BCUT2D eigenvalue weighted by atomic mass is 32.1. The normalized spacial score (nSPS) is 10.9. The number of amides is 1. The highest BCUT2D eigenvalue weighted by Crippen LogP contribution is 2.37. The van der Waals surface area contributed by atoms with E-state index in [2.05, 4.69) is 25.7 Å². The first kappa shape index (κ1) is 25.9. The van der Waals surface area contributed by atoms with Crippen LogP contribution in [0.3, 0.4) is 0 Å². The number of thiophene rings is 1. The Hall–Kier alpha value is -4.75. The summed E-state index contributed by atoms with van der Waals surface area (Å²) in [6, 6.07) is 15.1. The Morgan fingerprint density at radius 3 is 2.82 bits per heavy atom. The lowest BCUT2D eigenvalue weighted by Crippen LogP contribution is -2.29. The third-order valence-electron chi connectivity index (χ3n) is 5.67. The minimum atomic E-state index is -0.686. The zero-order valence-electron chi connectivity index (χ0n) is 20.9. The molecule has 0 aliphatic heterocycles. The van der Waals surface area contributed by atoms with Crippen LogP contribution in [0.4, 0.5) is 10.6 Å². The average molecular weight is 548 g/mol.